The van der Waals surface area contributed by atoms with Gasteiger partial charge < -0.3 is 9.73 Å². The molecule has 0 atom stereocenters. The molecule has 1 amide bonds. The van der Waals surface area contributed by atoms with Gasteiger partial charge in [-0.1, -0.05) is 30.3 Å². The lowest BCUT2D eigenvalue weighted by molar-refractivity contribution is -0.115. The van der Waals surface area contributed by atoms with Gasteiger partial charge in [0.25, 0.3) is 5.91 Å². The average Bonchev–Trinajstić information content (AvgIpc) is 3.09. The van der Waals surface area contributed by atoms with Crippen LogP contribution in [0.2, 0.25) is 0 Å². The number of amides is 1. The third-order valence-electron chi connectivity index (χ3n) is 3.06. The van der Waals surface area contributed by atoms with Gasteiger partial charge in [-0.2, -0.15) is 0 Å². The van der Waals surface area contributed by atoms with Crippen molar-refractivity contribution in [3.8, 4) is 0 Å². The van der Waals surface area contributed by atoms with E-state index in [4.69, 9.17) is 4.42 Å². The normalized spacial score (nSPS) is 16.3. The van der Waals surface area contributed by atoms with E-state index in [-0.39, 0.29) is 5.91 Å². The summed E-state index contributed by atoms with van der Waals surface area (Å²) in [7, 11) is 0. The summed E-state index contributed by atoms with van der Waals surface area (Å²) < 4.78 is 5.18. The fraction of sp³-hybridized carbons (Fsp3) is 0.125. The predicted octanol–water partition coefficient (Wildman–Crippen LogP) is 2.78. The first kappa shape index (κ1) is 12.4. The van der Waals surface area contributed by atoms with Gasteiger partial charge in [-0.25, -0.2) is 4.99 Å². The molecule has 0 spiro atoms. The molecule has 4 nitrogen and oxygen atoms in total. The lowest BCUT2D eigenvalue weighted by Gasteiger charge is -2.00. The van der Waals surface area contributed by atoms with Crippen molar-refractivity contribution >= 4 is 17.8 Å². The van der Waals surface area contributed by atoms with Crippen LogP contribution in [-0.2, 0) is 11.2 Å². The van der Waals surface area contributed by atoms with E-state index in [9.17, 15) is 4.79 Å². The van der Waals surface area contributed by atoms with E-state index in [1.54, 1.807) is 24.5 Å². The van der Waals surface area contributed by atoms with Gasteiger partial charge in [0.05, 0.1) is 6.26 Å². The highest BCUT2D eigenvalue weighted by atomic mass is 16.3. The summed E-state index contributed by atoms with van der Waals surface area (Å²) in [5.41, 5.74) is 1.62. The molecule has 1 aliphatic rings. The summed E-state index contributed by atoms with van der Waals surface area (Å²) in [4.78, 5) is 16.1. The molecule has 0 saturated carbocycles. The van der Waals surface area contributed by atoms with Gasteiger partial charge in [0, 0.05) is 12.5 Å². The van der Waals surface area contributed by atoms with Gasteiger partial charge in [-0.05, 0) is 24.1 Å². The molecule has 2 aromatic rings. The topological polar surface area (TPSA) is 54.6 Å². The Hall–Kier alpha value is -2.62. The summed E-state index contributed by atoms with van der Waals surface area (Å²) >= 11 is 0. The zero-order valence-corrected chi connectivity index (χ0v) is 10.9. The van der Waals surface area contributed by atoms with E-state index in [1.807, 2.05) is 18.2 Å². The van der Waals surface area contributed by atoms with Gasteiger partial charge >= 0.3 is 0 Å². The Labute approximate surface area is 116 Å². The van der Waals surface area contributed by atoms with Crippen LogP contribution < -0.4 is 5.32 Å². The Bertz CT molecular complexity index is 655. The molecule has 2 heterocycles. The first-order chi connectivity index (χ1) is 9.81. The fourth-order valence-electron chi connectivity index (χ4n) is 2.05. The molecule has 1 aromatic heterocycles. The summed E-state index contributed by atoms with van der Waals surface area (Å²) in [5, 5.41) is 2.79. The van der Waals surface area contributed by atoms with Crippen LogP contribution in [-0.4, -0.2) is 11.7 Å². The Balaban J connectivity index is 1.68. The highest BCUT2D eigenvalue weighted by Crippen LogP contribution is 2.14. The van der Waals surface area contributed by atoms with Crippen LogP contribution in [0.1, 0.15) is 17.7 Å². The molecule has 0 aliphatic carbocycles. The molecule has 1 aromatic carbocycles. The molecule has 1 aliphatic heterocycles. The van der Waals surface area contributed by atoms with Gasteiger partial charge in [-0.3, -0.25) is 4.79 Å². The van der Waals surface area contributed by atoms with Crippen LogP contribution in [0, 0.1) is 0 Å². The first-order valence-electron chi connectivity index (χ1n) is 6.49. The molecule has 100 valence electrons. The van der Waals surface area contributed by atoms with Crippen molar-refractivity contribution in [3.63, 3.8) is 0 Å². The Morgan fingerprint density at radius 1 is 1.10 bits per heavy atom. The fourth-order valence-corrected chi connectivity index (χ4v) is 2.05. The second kappa shape index (κ2) is 5.57. The van der Waals surface area contributed by atoms with Crippen molar-refractivity contribution in [2.24, 2.45) is 4.99 Å². The molecule has 3 rings (SSSR count). The second-order valence-electron chi connectivity index (χ2n) is 4.54. The second-order valence-corrected chi connectivity index (χ2v) is 4.54. The molecule has 0 unspecified atom stereocenters. The van der Waals surface area contributed by atoms with Crippen LogP contribution in [0.15, 0.2) is 63.8 Å². The van der Waals surface area contributed by atoms with Crippen LogP contribution in [0.5, 0.6) is 0 Å². The molecule has 0 saturated heterocycles. The standard InChI is InChI=1S/C16H14N2O2/c19-16-14(11-13-7-4-10-20-13)17-15(18-16)9-8-12-5-2-1-3-6-12/h1-7,10-11H,8-9H2,(H,17,18,19)/b14-11+. The SMILES string of the molecule is O=C1NC(CCc2ccccc2)=N/C1=C/c1ccco1. The largest absolute Gasteiger partial charge is 0.465 e. The van der Waals surface area contributed by atoms with Crippen molar-refractivity contribution in [2.75, 3.05) is 0 Å². The van der Waals surface area contributed by atoms with Crippen molar-refractivity contribution in [3.05, 3.63) is 65.7 Å². The van der Waals surface area contributed by atoms with Gasteiger partial charge in [0.15, 0.2) is 0 Å². The minimum Gasteiger partial charge on any atom is -0.465 e. The predicted molar refractivity (Wildman–Crippen MR) is 77.0 cm³/mol. The molecule has 20 heavy (non-hydrogen) atoms. The number of carbonyl (C=O) groups excluding carboxylic acids is 1. The maximum atomic E-state index is 11.8. The number of hydrogen-bond acceptors (Lipinski definition) is 3. The average molecular weight is 266 g/mol. The minimum atomic E-state index is -0.176. The van der Waals surface area contributed by atoms with E-state index < -0.39 is 0 Å². The summed E-state index contributed by atoms with van der Waals surface area (Å²) in [6, 6.07) is 13.7. The molecular formula is C16H14N2O2. The van der Waals surface area contributed by atoms with Crippen molar-refractivity contribution < 1.29 is 9.21 Å². The maximum absolute atomic E-state index is 11.8. The van der Waals surface area contributed by atoms with E-state index in [1.165, 1.54) is 5.56 Å². The van der Waals surface area contributed by atoms with Gasteiger partial charge in [0.2, 0.25) is 0 Å². The number of carbonyl (C=O) groups is 1. The van der Waals surface area contributed by atoms with Crippen LogP contribution in [0.3, 0.4) is 0 Å². The number of rotatable bonds is 4. The Morgan fingerprint density at radius 2 is 1.95 bits per heavy atom. The van der Waals surface area contributed by atoms with Crippen LogP contribution >= 0.6 is 0 Å². The van der Waals surface area contributed by atoms with Crippen molar-refractivity contribution in [2.45, 2.75) is 12.8 Å². The number of aliphatic imine (C=N–C) groups is 1. The molecular weight excluding hydrogens is 252 g/mol. The third kappa shape index (κ3) is 2.85. The van der Waals surface area contributed by atoms with Crippen LogP contribution in [0.25, 0.3) is 6.08 Å². The molecule has 0 fully saturated rings. The number of nitrogens with zero attached hydrogens (tertiary/aromatic N) is 1. The van der Waals surface area contributed by atoms with E-state index in [2.05, 4.69) is 22.4 Å². The molecule has 4 heteroatoms. The number of benzene rings is 1. The quantitative estimate of drug-likeness (QED) is 0.865. The third-order valence-corrected chi connectivity index (χ3v) is 3.06. The number of furan rings is 1. The zero-order chi connectivity index (χ0) is 13.8. The minimum absolute atomic E-state index is 0.176. The smallest absolute Gasteiger partial charge is 0.275 e. The van der Waals surface area contributed by atoms with E-state index in [0.717, 1.165) is 6.42 Å². The lowest BCUT2D eigenvalue weighted by Crippen LogP contribution is -2.24. The van der Waals surface area contributed by atoms with Crippen LogP contribution in [0.4, 0.5) is 0 Å². The molecule has 0 radical (unpaired) electrons. The number of amidine groups is 1. The lowest BCUT2D eigenvalue weighted by atomic mass is 10.1. The van der Waals surface area contributed by atoms with E-state index >= 15 is 0 Å². The first-order valence-corrected chi connectivity index (χ1v) is 6.49. The van der Waals surface area contributed by atoms with Crippen molar-refractivity contribution in [1.29, 1.82) is 0 Å². The highest BCUT2D eigenvalue weighted by Gasteiger charge is 2.19. The van der Waals surface area contributed by atoms with Gasteiger partial charge in [0.1, 0.15) is 17.3 Å². The number of nitrogens with one attached hydrogen (secondary N) is 1. The van der Waals surface area contributed by atoms with Crippen molar-refractivity contribution in [1.82, 2.24) is 5.32 Å². The van der Waals surface area contributed by atoms with Gasteiger partial charge in [-0.15, -0.1) is 0 Å². The highest BCUT2D eigenvalue weighted by molar-refractivity contribution is 6.14. The molecule has 0 bridgehead atoms. The summed E-state index contributed by atoms with van der Waals surface area (Å²) in [5.74, 6) is 1.16. The van der Waals surface area contributed by atoms with E-state index in [0.29, 0.717) is 23.7 Å². The number of hydrogen-bond donors (Lipinski definition) is 1. The maximum Gasteiger partial charge on any atom is 0.275 e. The molecule has 1 N–H and O–H groups in total. The summed E-state index contributed by atoms with van der Waals surface area (Å²) in [6.07, 6.45) is 4.78. The summed E-state index contributed by atoms with van der Waals surface area (Å²) in [6.45, 7) is 0. The Kier molecular flexibility index (Phi) is 3.46. The Morgan fingerprint density at radius 3 is 2.70 bits per heavy atom. The zero-order valence-electron chi connectivity index (χ0n) is 10.9. The monoisotopic (exact) mass is 266 g/mol. The number of aryl methyl sites for hydroxylation is 1.